The van der Waals surface area contributed by atoms with Gasteiger partial charge in [0.05, 0.1) is 26.5 Å². The third-order valence-corrected chi connectivity index (χ3v) is 8.79. The number of aromatic hydroxyl groups is 2. The Labute approximate surface area is 256 Å². The van der Waals surface area contributed by atoms with Gasteiger partial charge in [0.15, 0.2) is 11.5 Å². The van der Waals surface area contributed by atoms with Crippen LogP contribution in [0.5, 0.6) is 28.7 Å². The molecule has 0 aromatic heterocycles. The lowest BCUT2D eigenvalue weighted by molar-refractivity contribution is 0.0199. The first kappa shape index (κ1) is 29.9. The number of aliphatic hydroxyl groups is 3. The SMILES string of the molecule is COc1cc(C2Oc3cc(OCCO)c4c(c3CC2O)C(CCN2C=CNC2)Cc2cc(O)ccc2-4)cc(CCCO)c1O. The van der Waals surface area contributed by atoms with Crippen molar-refractivity contribution in [1.29, 1.82) is 0 Å². The van der Waals surface area contributed by atoms with Gasteiger partial charge in [0.1, 0.15) is 30.0 Å². The highest BCUT2D eigenvalue weighted by molar-refractivity contribution is 5.83. The average molecular weight is 605 g/mol. The van der Waals surface area contributed by atoms with Crippen molar-refractivity contribution in [2.45, 2.75) is 50.2 Å². The molecule has 0 spiro atoms. The van der Waals surface area contributed by atoms with Crippen LogP contribution in [-0.4, -0.2) is 76.7 Å². The molecule has 6 N–H and O–H groups in total. The first-order chi connectivity index (χ1) is 21.4. The molecule has 0 saturated carbocycles. The molecule has 3 unspecified atom stereocenters. The normalized spacial score (nSPS) is 19.9. The quantitative estimate of drug-likeness (QED) is 0.193. The van der Waals surface area contributed by atoms with E-state index in [2.05, 4.69) is 10.2 Å². The summed E-state index contributed by atoms with van der Waals surface area (Å²) in [6.07, 6.45) is 5.14. The Hall–Kier alpha value is -4.12. The summed E-state index contributed by atoms with van der Waals surface area (Å²) in [5, 5.41) is 54.9. The molecule has 0 amide bonds. The Morgan fingerprint density at radius 1 is 1.05 bits per heavy atom. The third kappa shape index (κ3) is 5.72. The van der Waals surface area contributed by atoms with E-state index >= 15 is 0 Å². The van der Waals surface area contributed by atoms with E-state index in [1.54, 1.807) is 18.2 Å². The zero-order valence-electron chi connectivity index (χ0n) is 24.8. The van der Waals surface area contributed by atoms with Crippen LogP contribution in [0.25, 0.3) is 11.1 Å². The second-order valence-corrected chi connectivity index (χ2v) is 11.6. The highest BCUT2D eigenvalue weighted by Crippen LogP contribution is 2.53. The Morgan fingerprint density at radius 2 is 1.91 bits per heavy atom. The van der Waals surface area contributed by atoms with E-state index in [0.717, 1.165) is 47.5 Å². The predicted molar refractivity (Wildman–Crippen MR) is 164 cm³/mol. The Morgan fingerprint density at radius 3 is 2.66 bits per heavy atom. The molecule has 44 heavy (non-hydrogen) atoms. The molecular formula is C34H40N2O8. The summed E-state index contributed by atoms with van der Waals surface area (Å²) in [7, 11) is 1.48. The molecule has 3 aliphatic rings. The molecule has 0 bridgehead atoms. The zero-order valence-corrected chi connectivity index (χ0v) is 24.8. The third-order valence-electron chi connectivity index (χ3n) is 8.79. The number of nitrogens with one attached hydrogen (secondary N) is 1. The maximum atomic E-state index is 11.6. The lowest BCUT2D eigenvalue weighted by atomic mass is 9.73. The number of aryl methyl sites for hydroxylation is 1. The molecule has 3 aromatic rings. The number of methoxy groups -OCH3 is 1. The van der Waals surface area contributed by atoms with Gasteiger partial charge in [-0.3, -0.25) is 0 Å². The van der Waals surface area contributed by atoms with Gasteiger partial charge in [0, 0.05) is 49.2 Å². The molecule has 0 radical (unpaired) electrons. The lowest BCUT2D eigenvalue weighted by Crippen LogP contribution is -2.32. The number of benzene rings is 3. The van der Waals surface area contributed by atoms with Gasteiger partial charge in [-0.05, 0) is 83.7 Å². The number of hydrogen-bond donors (Lipinski definition) is 6. The van der Waals surface area contributed by atoms with Crippen LogP contribution in [0.2, 0.25) is 0 Å². The van der Waals surface area contributed by atoms with Gasteiger partial charge in [0.2, 0.25) is 0 Å². The summed E-state index contributed by atoms with van der Waals surface area (Å²) in [5.74, 6) is 1.74. The maximum Gasteiger partial charge on any atom is 0.161 e. The summed E-state index contributed by atoms with van der Waals surface area (Å²) in [4.78, 5) is 2.21. The molecule has 10 nitrogen and oxygen atoms in total. The van der Waals surface area contributed by atoms with Gasteiger partial charge in [-0.1, -0.05) is 6.07 Å². The average Bonchev–Trinajstić information content (AvgIpc) is 3.55. The Kier molecular flexibility index (Phi) is 8.74. The number of nitrogens with zero attached hydrogens (tertiary/aromatic N) is 1. The minimum atomic E-state index is -0.886. The van der Waals surface area contributed by atoms with Crippen LogP contribution < -0.4 is 19.5 Å². The van der Waals surface area contributed by atoms with E-state index in [-0.39, 0.29) is 43.0 Å². The maximum absolute atomic E-state index is 11.6. The second-order valence-electron chi connectivity index (χ2n) is 11.6. The standard InChI is InChI=1S/C34H40N2O8/c1-42-30-16-23(14-21(33(30)41)3-2-10-37)34-27(40)17-26-28(44-34)18-29(43-12-11-38)32-25-5-4-24(39)15-22(25)13-20(31(26)32)6-8-36-9-7-35-19-36/h4-5,7,9,14-16,18,20,27,34-35,37-41H,2-3,6,8,10-13,17,19H2,1H3. The smallest absolute Gasteiger partial charge is 0.161 e. The number of hydrogen-bond acceptors (Lipinski definition) is 10. The fraction of sp³-hybridized carbons (Fsp3) is 0.412. The van der Waals surface area contributed by atoms with Crippen LogP contribution >= 0.6 is 0 Å². The minimum Gasteiger partial charge on any atom is -0.508 e. The van der Waals surface area contributed by atoms with Crippen molar-refractivity contribution in [1.82, 2.24) is 10.2 Å². The second kappa shape index (κ2) is 12.9. The van der Waals surface area contributed by atoms with Gasteiger partial charge in [-0.15, -0.1) is 0 Å². The molecule has 1 aliphatic carbocycles. The van der Waals surface area contributed by atoms with E-state index < -0.39 is 12.2 Å². The van der Waals surface area contributed by atoms with Crippen molar-refractivity contribution < 1.29 is 39.7 Å². The van der Waals surface area contributed by atoms with E-state index in [9.17, 15) is 25.5 Å². The molecule has 0 fully saturated rings. The lowest BCUT2D eigenvalue weighted by Gasteiger charge is -2.38. The summed E-state index contributed by atoms with van der Waals surface area (Å²) < 4.78 is 18.2. The minimum absolute atomic E-state index is 0.0137. The van der Waals surface area contributed by atoms with Crippen molar-refractivity contribution in [3.05, 3.63) is 76.6 Å². The fourth-order valence-corrected chi connectivity index (χ4v) is 6.76. The van der Waals surface area contributed by atoms with E-state index in [1.165, 1.54) is 7.11 Å². The van der Waals surface area contributed by atoms with Crippen LogP contribution in [0.3, 0.4) is 0 Å². The molecule has 234 valence electrons. The summed E-state index contributed by atoms with van der Waals surface area (Å²) >= 11 is 0. The number of ether oxygens (including phenoxy) is 3. The molecule has 6 rings (SSSR count). The molecular weight excluding hydrogens is 564 g/mol. The number of aliphatic hydroxyl groups excluding tert-OH is 3. The van der Waals surface area contributed by atoms with Crippen LogP contribution in [0.1, 0.15) is 52.7 Å². The van der Waals surface area contributed by atoms with Crippen LogP contribution in [0.4, 0.5) is 0 Å². The number of fused-ring (bicyclic) bond motifs is 5. The zero-order chi connectivity index (χ0) is 30.8. The van der Waals surface area contributed by atoms with Crippen molar-refractivity contribution in [3.8, 4) is 39.9 Å². The molecule has 0 saturated heterocycles. The van der Waals surface area contributed by atoms with Gasteiger partial charge >= 0.3 is 0 Å². The summed E-state index contributed by atoms with van der Waals surface area (Å²) in [6.45, 7) is 1.49. The van der Waals surface area contributed by atoms with E-state index in [0.29, 0.717) is 48.3 Å². The predicted octanol–water partition coefficient (Wildman–Crippen LogP) is 3.47. The van der Waals surface area contributed by atoms with Crippen LogP contribution in [0.15, 0.2) is 48.8 Å². The van der Waals surface area contributed by atoms with Gasteiger partial charge in [0.25, 0.3) is 0 Å². The monoisotopic (exact) mass is 604 g/mol. The fourth-order valence-electron chi connectivity index (χ4n) is 6.76. The van der Waals surface area contributed by atoms with Crippen molar-refractivity contribution >= 4 is 0 Å². The van der Waals surface area contributed by atoms with Crippen LogP contribution in [0, 0.1) is 0 Å². The largest absolute Gasteiger partial charge is 0.508 e. The Balaban J connectivity index is 1.45. The van der Waals surface area contributed by atoms with Crippen molar-refractivity contribution in [3.63, 3.8) is 0 Å². The molecule has 2 heterocycles. The van der Waals surface area contributed by atoms with Crippen molar-refractivity contribution in [2.75, 3.05) is 40.1 Å². The van der Waals surface area contributed by atoms with E-state index in [1.807, 2.05) is 30.6 Å². The first-order valence-corrected chi connectivity index (χ1v) is 15.2. The summed E-state index contributed by atoms with van der Waals surface area (Å²) in [5.41, 5.74) is 6.14. The van der Waals surface area contributed by atoms with Gasteiger partial charge in [-0.2, -0.15) is 0 Å². The number of rotatable bonds is 11. The summed E-state index contributed by atoms with van der Waals surface area (Å²) in [6, 6.07) is 10.7. The number of phenolic OH excluding ortho intramolecular Hbond substituents is 2. The van der Waals surface area contributed by atoms with Gasteiger partial charge < -0.3 is 50.0 Å². The van der Waals surface area contributed by atoms with Gasteiger partial charge in [-0.25, -0.2) is 0 Å². The topological polar surface area (TPSA) is 144 Å². The first-order valence-electron chi connectivity index (χ1n) is 15.2. The highest BCUT2D eigenvalue weighted by atomic mass is 16.5. The molecule has 3 aromatic carbocycles. The van der Waals surface area contributed by atoms with Crippen molar-refractivity contribution in [2.24, 2.45) is 0 Å². The molecule has 2 aliphatic heterocycles. The number of phenols is 2. The van der Waals surface area contributed by atoms with Crippen LogP contribution in [-0.2, 0) is 19.3 Å². The van der Waals surface area contributed by atoms with E-state index in [4.69, 9.17) is 14.2 Å². The molecule has 3 atom stereocenters. The Bertz CT molecular complexity index is 1540. The molecule has 10 heteroatoms. The highest BCUT2D eigenvalue weighted by Gasteiger charge is 2.38.